The van der Waals surface area contributed by atoms with Crippen molar-refractivity contribution in [3.8, 4) is 5.69 Å². The van der Waals surface area contributed by atoms with Crippen LogP contribution in [0.1, 0.15) is 29.5 Å². The van der Waals surface area contributed by atoms with Gasteiger partial charge in [0.15, 0.2) is 17.0 Å². The molecule has 0 bridgehead atoms. The molecule has 5 aromatic rings. The van der Waals surface area contributed by atoms with Gasteiger partial charge in [0.25, 0.3) is 0 Å². The van der Waals surface area contributed by atoms with E-state index in [2.05, 4.69) is 44.8 Å². The van der Waals surface area contributed by atoms with Crippen molar-refractivity contribution in [1.82, 2.24) is 24.4 Å². The first-order valence-corrected chi connectivity index (χ1v) is 13.7. The summed E-state index contributed by atoms with van der Waals surface area (Å²) in [5.74, 6) is 0.925. The maximum Gasteiger partial charge on any atom is 0.416 e. The molecule has 0 saturated carbocycles. The number of hydrogen-bond acceptors (Lipinski definition) is 6. The minimum absolute atomic E-state index is 0.158. The Hall–Kier alpha value is -4.44. The van der Waals surface area contributed by atoms with Gasteiger partial charge in [-0.05, 0) is 48.2 Å². The lowest BCUT2D eigenvalue weighted by molar-refractivity contribution is -0.137. The molecule has 1 aliphatic heterocycles. The molecule has 0 aliphatic carbocycles. The molecule has 0 radical (unpaired) electrons. The molecule has 0 unspecified atom stereocenters. The molecule has 6 rings (SSSR count). The van der Waals surface area contributed by atoms with Gasteiger partial charge in [-0.1, -0.05) is 60.7 Å². The molecule has 10 heteroatoms. The normalized spacial score (nSPS) is 14.8. The molecule has 2 aromatic heterocycles. The van der Waals surface area contributed by atoms with Crippen LogP contribution in [0.2, 0.25) is 0 Å². The average Bonchev–Trinajstić information content (AvgIpc) is 3.42. The van der Waals surface area contributed by atoms with E-state index >= 15 is 0 Å². The number of benzene rings is 3. The van der Waals surface area contributed by atoms with Gasteiger partial charge in [-0.3, -0.25) is 9.47 Å². The van der Waals surface area contributed by atoms with Gasteiger partial charge in [0, 0.05) is 37.9 Å². The molecule has 1 saturated heterocycles. The van der Waals surface area contributed by atoms with Crippen LogP contribution in [0.15, 0.2) is 91.3 Å². The average molecular weight is 558 g/mol. The number of fused-ring (bicyclic) bond motifs is 1. The number of para-hydroxylation sites is 1. The summed E-state index contributed by atoms with van der Waals surface area (Å²) in [5, 5.41) is 6.73. The predicted molar refractivity (Wildman–Crippen MR) is 154 cm³/mol. The first kappa shape index (κ1) is 26.8. The third-order valence-electron chi connectivity index (χ3n) is 7.31. The van der Waals surface area contributed by atoms with Crippen LogP contribution in [-0.4, -0.2) is 43.6 Å². The van der Waals surface area contributed by atoms with E-state index in [1.807, 2.05) is 41.0 Å². The maximum absolute atomic E-state index is 13.2. The van der Waals surface area contributed by atoms with Crippen molar-refractivity contribution in [1.29, 1.82) is 0 Å². The number of nitrogens with one attached hydrogen (secondary N) is 2. The summed E-state index contributed by atoms with van der Waals surface area (Å²) in [6, 6.07) is 25.7. The lowest BCUT2D eigenvalue weighted by Crippen LogP contribution is -2.39. The predicted octanol–water partition coefficient (Wildman–Crippen LogP) is 6.52. The van der Waals surface area contributed by atoms with Crippen molar-refractivity contribution in [2.75, 3.05) is 23.7 Å². The second kappa shape index (κ2) is 11.6. The van der Waals surface area contributed by atoms with E-state index < -0.39 is 11.7 Å². The van der Waals surface area contributed by atoms with Crippen molar-refractivity contribution in [2.45, 2.75) is 38.1 Å². The van der Waals surface area contributed by atoms with E-state index in [9.17, 15) is 13.2 Å². The minimum Gasteiger partial charge on any atom is -0.364 e. The summed E-state index contributed by atoms with van der Waals surface area (Å²) in [6.07, 6.45) is -0.825. The first-order chi connectivity index (χ1) is 19.9. The van der Waals surface area contributed by atoms with Gasteiger partial charge in [-0.25, -0.2) is 4.98 Å². The van der Waals surface area contributed by atoms with Crippen molar-refractivity contribution in [3.05, 3.63) is 108 Å². The molecule has 0 atom stereocenters. The summed E-state index contributed by atoms with van der Waals surface area (Å²) >= 11 is 0. The van der Waals surface area contributed by atoms with Crippen LogP contribution in [0.5, 0.6) is 0 Å². The summed E-state index contributed by atoms with van der Waals surface area (Å²) in [6.45, 7) is 3.00. The molecule has 41 heavy (non-hydrogen) atoms. The molecular weight excluding hydrogens is 527 g/mol. The Morgan fingerprint density at radius 3 is 2.27 bits per heavy atom. The number of alkyl halides is 3. The Labute approximate surface area is 236 Å². The maximum atomic E-state index is 13.2. The summed E-state index contributed by atoms with van der Waals surface area (Å²) in [4.78, 5) is 16.6. The van der Waals surface area contributed by atoms with Crippen LogP contribution in [0.25, 0.3) is 16.9 Å². The minimum atomic E-state index is -4.40. The Kier molecular flexibility index (Phi) is 7.56. The number of nitrogens with zero attached hydrogens (tertiary/aromatic N) is 5. The molecule has 210 valence electrons. The molecule has 0 amide bonds. The Morgan fingerprint density at radius 2 is 1.54 bits per heavy atom. The second-order valence-electron chi connectivity index (χ2n) is 10.3. The zero-order valence-corrected chi connectivity index (χ0v) is 22.4. The zero-order chi connectivity index (χ0) is 28.2. The highest BCUT2D eigenvalue weighted by Gasteiger charge is 2.30. The lowest BCUT2D eigenvalue weighted by Gasteiger charge is -2.32. The van der Waals surface area contributed by atoms with Crippen molar-refractivity contribution < 1.29 is 13.2 Å². The van der Waals surface area contributed by atoms with E-state index in [1.165, 1.54) is 11.6 Å². The number of aromatic nitrogens is 4. The Bertz CT molecular complexity index is 1600. The lowest BCUT2D eigenvalue weighted by atomic mass is 10.0. The van der Waals surface area contributed by atoms with E-state index in [0.29, 0.717) is 28.5 Å². The Morgan fingerprint density at radius 1 is 0.829 bits per heavy atom. The molecule has 7 nitrogen and oxygen atoms in total. The van der Waals surface area contributed by atoms with Gasteiger partial charge in [-0.15, -0.1) is 0 Å². The van der Waals surface area contributed by atoms with Crippen LogP contribution < -0.4 is 10.6 Å². The highest BCUT2D eigenvalue weighted by atomic mass is 19.4. The van der Waals surface area contributed by atoms with Crippen LogP contribution in [0, 0.1) is 0 Å². The van der Waals surface area contributed by atoms with Gasteiger partial charge in [0.05, 0.1) is 5.56 Å². The number of hydrogen-bond donors (Lipinski definition) is 2. The summed E-state index contributed by atoms with van der Waals surface area (Å²) in [5.41, 5.74) is 3.18. The van der Waals surface area contributed by atoms with Gasteiger partial charge < -0.3 is 10.6 Å². The van der Waals surface area contributed by atoms with Crippen LogP contribution >= 0.6 is 0 Å². The van der Waals surface area contributed by atoms with Gasteiger partial charge in [0.2, 0.25) is 5.95 Å². The van der Waals surface area contributed by atoms with E-state index in [0.717, 1.165) is 50.3 Å². The van der Waals surface area contributed by atoms with Crippen LogP contribution in [-0.2, 0) is 19.3 Å². The standard InChI is InChI=1S/C31H30F3N7/c32-31(33,34)24-11-7-10-23(18-24)19-35-28-27-29(41(21-36-27)26-12-5-2-6-13-26)39-30(38-28)37-25-14-16-40(17-15-25)20-22-8-3-1-4-9-22/h1-13,18,21,25H,14-17,19-20H2,(H2,35,37,38,39). The largest absolute Gasteiger partial charge is 0.416 e. The SMILES string of the molecule is FC(F)(F)c1cccc(CNc2nc(NC3CCN(Cc4ccccc4)CC3)nc3c2ncn3-c2ccccc2)c1. The van der Waals surface area contributed by atoms with Crippen molar-refractivity contribution in [2.24, 2.45) is 0 Å². The number of rotatable bonds is 8. The molecule has 1 fully saturated rings. The molecular formula is C31H30F3N7. The van der Waals surface area contributed by atoms with E-state index in [4.69, 9.17) is 9.97 Å². The summed E-state index contributed by atoms with van der Waals surface area (Å²) in [7, 11) is 0. The van der Waals surface area contributed by atoms with E-state index in [1.54, 1.807) is 12.4 Å². The fraction of sp³-hybridized carbons (Fsp3) is 0.258. The van der Waals surface area contributed by atoms with Crippen molar-refractivity contribution in [3.63, 3.8) is 0 Å². The Balaban J connectivity index is 1.23. The zero-order valence-electron chi connectivity index (χ0n) is 22.4. The number of halogens is 3. The quantitative estimate of drug-likeness (QED) is 0.226. The topological polar surface area (TPSA) is 70.9 Å². The van der Waals surface area contributed by atoms with Gasteiger partial charge in [0.1, 0.15) is 6.33 Å². The highest BCUT2D eigenvalue weighted by Crippen LogP contribution is 2.30. The molecule has 3 heterocycles. The number of likely N-dealkylation sites (tertiary alicyclic amines) is 1. The van der Waals surface area contributed by atoms with Gasteiger partial charge in [-0.2, -0.15) is 23.1 Å². The highest BCUT2D eigenvalue weighted by molar-refractivity contribution is 5.85. The number of piperidine rings is 1. The first-order valence-electron chi connectivity index (χ1n) is 13.7. The molecule has 1 aliphatic rings. The van der Waals surface area contributed by atoms with Crippen LogP contribution in [0.4, 0.5) is 24.9 Å². The third-order valence-corrected chi connectivity index (χ3v) is 7.31. The third kappa shape index (κ3) is 6.33. The molecule has 0 spiro atoms. The second-order valence-corrected chi connectivity index (χ2v) is 10.3. The molecule has 3 aromatic carbocycles. The van der Waals surface area contributed by atoms with Crippen LogP contribution in [0.3, 0.4) is 0 Å². The number of anilines is 2. The fourth-order valence-corrected chi connectivity index (χ4v) is 5.17. The monoisotopic (exact) mass is 557 g/mol. The van der Waals surface area contributed by atoms with Gasteiger partial charge >= 0.3 is 6.18 Å². The number of imidazole rings is 1. The smallest absolute Gasteiger partial charge is 0.364 e. The summed E-state index contributed by atoms with van der Waals surface area (Å²) < 4.78 is 41.6. The van der Waals surface area contributed by atoms with Crippen molar-refractivity contribution >= 4 is 22.9 Å². The fourth-order valence-electron chi connectivity index (χ4n) is 5.17. The molecule has 2 N–H and O–H groups in total. The van der Waals surface area contributed by atoms with E-state index in [-0.39, 0.29) is 12.6 Å².